The number of aromatic amines is 1. The molecule has 3 aromatic rings. The Balaban J connectivity index is 1.52. The van der Waals surface area contributed by atoms with Gasteiger partial charge in [-0.2, -0.15) is 5.10 Å². The number of nitrogens with zero attached hydrogens (tertiary/aromatic N) is 3. The van der Waals surface area contributed by atoms with Crippen molar-refractivity contribution in [1.29, 1.82) is 0 Å². The number of nitrogens with one attached hydrogen (secondary N) is 2. The Labute approximate surface area is 178 Å². The molecular formula is C22H27N5O2S. The van der Waals surface area contributed by atoms with E-state index in [9.17, 15) is 9.00 Å². The van der Waals surface area contributed by atoms with Crippen LogP contribution in [0.2, 0.25) is 0 Å². The van der Waals surface area contributed by atoms with Gasteiger partial charge in [0.05, 0.1) is 16.5 Å². The number of pyridine rings is 1. The van der Waals surface area contributed by atoms with Gasteiger partial charge in [-0.05, 0) is 63.4 Å². The fourth-order valence-corrected chi connectivity index (χ4v) is 6.04. The summed E-state index contributed by atoms with van der Waals surface area (Å²) in [5.41, 5.74) is 2.44. The molecule has 2 N–H and O–H groups in total. The van der Waals surface area contributed by atoms with Crippen LogP contribution in [0.4, 0.5) is 11.5 Å². The Bertz CT molecular complexity index is 1200. The largest absolute Gasteiger partial charge is 0.338 e. The van der Waals surface area contributed by atoms with Crippen molar-refractivity contribution in [2.24, 2.45) is 0 Å². The summed E-state index contributed by atoms with van der Waals surface area (Å²) in [6, 6.07) is 8.13. The molecule has 0 saturated heterocycles. The molecule has 0 amide bonds. The van der Waals surface area contributed by atoms with Crippen LogP contribution in [0.25, 0.3) is 10.9 Å². The zero-order valence-electron chi connectivity index (χ0n) is 17.6. The Hall–Kier alpha value is -2.45. The third kappa shape index (κ3) is 3.18. The van der Waals surface area contributed by atoms with Gasteiger partial charge < -0.3 is 10.3 Å². The average Bonchev–Trinajstić information content (AvgIpc) is 3.40. The molecule has 0 bridgehead atoms. The van der Waals surface area contributed by atoms with Gasteiger partial charge in [0.15, 0.2) is 5.82 Å². The second-order valence-electron chi connectivity index (χ2n) is 9.20. The Morgan fingerprint density at radius 2 is 1.97 bits per heavy atom. The quantitative estimate of drug-likeness (QED) is 0.658. The van der Waals surface area contributed by atoms with Crippen molar-refractivity contribution in [1.82, 2.24) is 19.1 Å². The van der Waals surface area contributed by atoms with Gasteiger partial charge in [-0.1, -0.05) is 12.8 Å². The molecule has 158 valence electrons. The number of anilines is 2. The third-order valence-corrected chi connectivity index (χ3v) is 7.93. The van der Waals surface area contributed by atoms with Crippen LogP contribution in [-0.2, 0) is 17.5 Å². The molecule has 2 aromatic heterocycles. The van der Waals surface area contributed by atoms with E-state index in [1.807, 2.05) is 33.3 Å². The van der Waals surface area contributed by atoms with Gasteiger partial charge in [0.2, 0.25) is 0 Å². The molecule has 1 aromatic carbocycles. The highest BCUT2D eigenvalue weighted by atomic mass is 32.2. The molecule has 0 radical (unpaired) electrons. The molecule has 1 unspecified atom stereocenters. The number of hydrogen-bond donors (Lipinski definition) is 2. The van der Waals surface area contributed by atoms with Crippen molar-refractivity contribution < 1.29 is 4.21 Å². The highest BCUT2D eigenvalue weighted by Gasteiger charge is 2.35. The first-order valence-corrected chi connectivity index (χ1v) is 11.6. The number of fused-ring (bicyclic) bond motifs is 2. The molecule has 2 aliphatic rings. The van der Waals surface area contributed by atoms with Crippen LogP contribution in [-0.4, -0.2) is 28.8 Å². The molecule has 1 aliphatic carbocycles. The smallest absolute Gasteiger partial charge is 0.261 e. The zero-order valence-corrected chi connectivity index (χ0v) is 18.4. The number of benzene rings is 1. The van der Waals surface area contributed by atoms with Gasteiger partial charge in [0, 0.05) is 24.0 Å². The minimum Gasteiger partial charge on any atom is -0.338 e. The fourth-order valence-electron chi connectivity index (χ4n) is 4.52. The topological polar surface area (TPSA) is 83.0 Å². The summed E-state index contributed by atoms with van der Waals surface area (Å²) in [4.78, 5) is 16.2. The molecule has 3 heterocycles. The molecule has 30 heavy (non-hydrogen) atoms. The highest BCUT2D eigenvalue weighted by Crippen LogP contribution is 2.36. The van der Waals surface area contributed by atoms with Crippen LogP contribution in [0.15, 0.2) is 40.2 Å². The predicted octanol–water partition coefficient (Wildman–Crippen LogP) is 4.22. The number of H-pyrrole nitrogens is 1. The van der Waals surface area contributed by atoms with Crippen LogP contribution in [0.1, 0.15) is 58.1 Å². The lowest BCUT2D eigenvalue weighted by Gasteiger charge is -2.29. The maximum atomic E-state index is 12.8. The molecule has 7 nitrogen and oxygen atoms in total. The monoisotopic (exact) mass is 425 g/mol. The third-order valence-electron chi connectivity index (χ3n) is 6.07. The van der Waals surface area contributed by atoms with Crippen LogP contribution in [0, 0.1) is 0 Å². The predicted molar refractivity (Wildman–Crippen MR) is 119 cm³/mol. The van der Waals surface area contributed by atoms with Crippen molar-refractivity contribution in [2.75, 3.05) is 5.32 Å². The average molecular weight is 426 g/mol. The SMILES string of the molecule is CC(C)(C)N1Cc2cc(Nc3nn(C4CCCC4)c4cc[nH]c(=O)c34)ccc2S1=O. The summed E-state index contributed by atoms with van der Waals surface area (Å²) in [5, 5.41) is 8.75. The van der Waals surface area contributed by atoms with Gasteiger partial charge in [-0.3, -0.25) is 9.48 Å². The van der Waals surface area contributed by atoms with E-state index in [-0.39, 0.29) is 11.1 Å². The van der Waals surface area contributed by atoms with Gasteiger partial charge >= 0.3 is 0 Å². The van der Waals surface area contributed by atoms with Crippen molar-refractivity contribution in [3.05, 3.63) is 46.4 Å². The highest BCUT2D eigenvalue weighted by molar-refractivity contribution is 7.83. The number of aromatic nitrogens is 3. The van der Waals surface area contributed by atoms with Gasteiger partial charge in [-0.25, -0.2) is 8.51 Å². The Morgan fingerprint density at radius 3 is 2.70 bits per heavy atom. The number of hydrogen-bond acceptors (Lipinski definition) is 4. The summed E-state index contributed by atoms with van der Waals surface area (Å²) in [7, 11) is -1.15. The van der Waals surface area contributed by atoms with Crippen LogP contribution < -0.4 is 10.9 Å². The summed E-state index contributed by atoms with van der Waals surface area (Å²) < 4.78 is 16.9. The van der Waals surface area contributed by atoms with E-state index in [0.29, 0.717) is 23.8 Å². The van der Waals surface area contributed by atoms with E-state index < -0.39 is 11.0 Å². The van der Waals surface area contributed by atoms with Crippen LogP contribution >= 0.6 is 0 Å². The number of rotatable bonds is 3. The van der Waals surface area contributed by atoms with E-state index in [4.69, 9.17) is 5.10 Å². The molecule has 1 aliphatic heterocycles. The second kappa shape index (κ2) is 7.06. The first-order chi connectivity index (χ1) is 14.3. The maximum Gasteiger partial charge on any atom is 0.261 e. The summed E-state index contributed by atoms with van der Waals surface area (Å²) in [5.74, 6) is 0.575. The van der Waals surface area contributed by atoms with E-state index in [1.165, 1.54) is 12.8 Å². The van der Waals surface area contributed by atoms with Crippen molar-refractivity contribution in [2.45, 2.75) is 69.5 Å². The van der Waals surface area contributed by atoms with Gasteiger partial charge in [-0.15, -0.1) is 0 Å². The molecule has 1 fully saturated rings. The fraction of sp³-hybridized carbons (Fsp3) is 0.455. The van der Waals surface area contributed by atoms with E-state index in [1.54, 1.807) is 6.20 Å². The molecule has 1 saturated carbocycles. The van der Waals surface area contributed by atoms with E-state index in [2.05, 4.69) is 31.1 Å². The molecule has 0 spiro atoms. The van der Waals surface area contributed by atoms with Crippen molar-refractivity contribution in [3.63, 3.8) is 0 Å². The first kappa shape index (κ1) is 19.5. The molecule has 1 atom stereocenters. The Kier molecular flexibility index (Phi) is 4.59. The van der Waals surface area contributed by atoms with Gasteiger partial charge in [0.25, 0.3) is 5.56 Å². The molecule has 8 heteroatoms. The van der Waals surface area contributed by atoms with Crippen LogP contribution in [0.3, 0.4) is 0 Å². The summed E-state index contributed by atoms with van der Waals surface area (Å²) in [6.45, 7) is 6.86. The van der Waals surface area contributed by atoms with Crippen molar-refractivity contribution >= 4 is 33.4 Å². The van der Waals surface area contributed by atoms with E-state index in [0.717, 1.165) is 34.5 Å². The van der Waals surface area contributed by atoms with Gasteiger partial charge in [0.1, 0.15) is 16.4 Å². The maximum absolute atomic E-state index is 12.8. The van der Waals surface area contributed by atoms with Crippen molar-refractivity contribution in [3.8, 4) is 0 Å². The minimum atomic E-state index is -1.15. The summed E-state index contributed by atoms with van der Waals surface area (Å²) in [6.07, 6.45) is 6.27. The lowest BCUT2D eigenvalue weighted by atomic mass is 10.1. The zero-order chi connectivity index (χ0) is 21.0. The minimum absolute atomic E-state index is 0.139. The normalized spacial score (nSPS) is 20.2. The second-order valence-corrected chi connectivity index (χ2v) is 10.6. The van der Waals surface area contributed by atoms with Crippen LogP contribution in [0.5, 0.6) is 0 Å². The summed E-state index contributed by atoms with van der Waals surface area (Å²) >= 11 is 0. The van der Waals surface area contributed by atoms with E-state index >= 15 is 0 Å². The standard InChI is InChI=1S/C22H27N5O2S/c1-22(2,3)26-13-14-12-15(8-9-18(14)30(26)29)24-20-19-17(10-11-23-21(19)28)27(25-20)16-6-4-5-7-16/h8-12,16H,4-7,13H2,1-3H3,(H,23,28)(H,24,25). The molecule has 5 rings (SSSR count). The lowest BCUT2D eigenvalue weighted by Crippen LogP contribution is -2.38. The Morgan fingerprint density at radius 1 is 1.20 bits per heavy atom. The lowest BCUT2D eigenvalue weighted by molar-refractivity contribution is 0.264. The molecular weight excluding hydrogens is 398 g/mol. The first-order valence-electron chi connectivity index (χ1n) is 10.5.